The van der Waals surface area contributed by atoms with Crippen molar-refractivity contribution < 1.29 is 9.90 Å². The Kier molecular flexibility index (Phi) is 3.66. The van der Waals surface area contributed by atoms with Crippen molar-refractivity contribution in [3.8, 4) is 0 Å². The molecule has 19 heavy (non-hydrogen) atoms. The zero-order valence-electron chi connectivity index (χ0n) is 10.5. The monoisotopic (exact) mass is 257 g/mol. The number of aromatic carboxylic acids is 1. The summed E-state index contributed by atoms with van der Waals surface area (Å²) in [5.74, 6) is -1.01. The van der Waals surface area contributed by atoms with Crippen LogP contribution in [-0.4, -0.2) is 16.1 Å². The first-order valence-electron chi connectivity index (χ1n) is 5.88. The van der Waals surface area contributed by atoms with Crippen molar-refractivity contribution >= 4 is 17.3 Å². The molecule has 1 unspecified atom stereocenters. The van der Waals surface area contributed by atoms with Crippen LogP contribution < -0.4 is 11.1 Å². The van der Waals surface area contributed by atoms with Crippen LogP contribution in [0.4, 0.5) is 11.4 Å². The van der Waals surface area contributed by atoms with E-state index in [1.165, 1.54) is 6.07 Å². The Morgan fingerprint density at radius 2 is 2.16 bits per heavy atom. The maximum absolute atomic E-state index is 11.2. The number of pyridine rings is 1. The van der Waals surface area contributed by atoms with Gasteiger partial charge in [0.25, 0.3) is 0 Å². The molecule has 5 nitrogen and oxygen atoms in total. The highest BCUT2D eigenvalue weighted by Gasteiger charge is 2.15. The number of benzene rings is 1. The van der Waals surface area contributed by atoms with E-state index in [9.17, 15) is 4.79 Å². The largest absolute Gasteiger partial charge is 0.478 e. The summed E-state index contributed by atoms with van der Waals surface area (Å²) in [6, 6.07) is 8.49. The van der Waals surface area contributed by atoms with Crippen LogP contribution in [0.5, 0.6) is 0 Å². The van der Waals surface area contributed by atoms with Gasteiger partial charge in [-0.1, -0.05) is 12.1 Å². The fourth-order valence-corrected chi connectivity index (χ4v) is 1.84. The Morgan fingerprint density at radius 1 is 1.37 bits per heavy atom. The number of hydrogen-bond donors (Lipinski definition) is 3. The molecule has 98 valence electrons. The van der Waals surface area contributed by atoms with Gasteiger partial charge in [-0.25, -0.2) is 4.79 Å². The Bertz CT molecular complexity index is 584. The van der Waals surface area contributed by atoms with Crippen molar-refractivity contribution in [2.75, 3.05) is 11.1 Å². The summed E-state index contributed by atoms with van der Waals surface area (Å²) in [5.41, 5.74) is 7.82. The minimum Gasteiger partial charge on any atom is -0.478 e. The molecule has 1 aromatic carbocycles. The number of nitrogens with zero attached hydrogens (tertiary/aromatic N) is 1. The van der Waals surface area contributed by atoms with Crippen molar-refractivity contribution in [1.29, 1.82) is 0 Å². The van der Waals surface area contributed by atoms with Crippen LogP contribution in [-0.2, 0) is 0 Å². The number of rotatable bonds is 4. The maximum Gasteiger partial charge on any atom is 0.337 e. The normalized spacial score (nSPS) is 11.8. The molecular weight excluding hydrogens is 242 g/mol. The van der Waals surface area contributed by atoms with Crippen LogP contribution in [0.25, 0.3) is 0 Å². The SMILES string of the molecule is CC(Nc1c(N)cccc1C(=O)O)c1cccnc1. The maximum atomic E-state index is 11.2. The minimum atomic E-state index is -1.01. The molecule has 2 aromatic rings. The lowest BCUT2D eigenvalue weighted by molar-refractivity contribution is 0.0698. The van der Waals surface area contributed by atoms with E-state index in [0.29, 0.717) is 11.4 Å². The van der Waals surface area contributed by atoms with Gasteiger partial charge in [0.2, 0.25) is 0 Å². The Balaban J connectivity index is 2.31. The molecule has 0 radical (unpaired) electrons. The van der Waals surface area contributed by atoms with Crippen molar-refractivity contribution in [3.63, 3.8) is 0 Å². The molecule has 1 aromatic heterocycles. The molecule has 5 heteroatoms. The molecule has 0 aliphatic heterocycles. The summed E-state index contributed by atoms with van der Waals surface area (Å²) in [5, 5.41) is 12.3. The van der Waals surface area contributed by atoms with E-state index in [-0.39, 0.29) is 11.6 Å². The predicted molar refractivity (Wildman–Crippen MR) is 74.1 cm³/mol. The zero-order valence-corrected chi connectivity index (χ0v) is 10.5. The van der Waals surface area contributed by atoms with Gasteiger partial charge in [-0.15, -0.1) is 0 Å². The number of carboxylic acid groups (broad SMARTS) is 1. The van der Waals surface area contributed by atoms with Gasteiger partial charge in [-0.05, 0) is 30.7 Å². The van der Waals surface area contributed by atoms with Gasteiger partial charge in [0.05, 0.1) is 23.0 Å². The third-order valence-electron chi connectivity index (χ3n) is 2.87. The van der Waals surface area contributed by atoms with Gasteiger partial charge in [0, 0.05) is 12.4 Å². The lowest BCUT2D eigenvalue weighted by Gasteiger charge is -2.18. The predicted octanol–water partition coefficient (Wildman–Crippen LogP) is 2.54. The van der Waals surface area contributed by atoms with Crippen LogP contribution in [0.15, 0.2) is 42.7 Å². The number of carboxylic acids is 1. The Morgan fingerprint density at radius 3 is 2.79 bits per heavy atom. The number of anilines is 2. The molecule has 1 atom stereocenters. The van der Waals surface area contributed by atoms with E-state index in [4.69, 9.17) is 10.8 Å². The number of nitrogens with one attached hydrogen (secondary N) is 1. The highest BCUT2D eigenvalue weighted by atomic mass is 16.4. The molecule has 0 aliphatic carbocycles. The molecule has 0 amide bonds. The fraction of sp³-hybridized carbons (Fsp3) is 0.143. The number of carbonyl (C=O) groups is 1. The quantitative estimate of drug-likeness (QED) is 0.732. The number of nitrogens with two attached hydrogens (primary N) is 1. The molecule has 0 saturated carbocycles. The van der Waals surface area contributed by atoms with Gasteiger partial charge in [-0.3, -0.25) is 4.98 Å². The van der Waals surface area contributed by atoms with E-state index in [1.54, 1.807) is 24.5 Å². The topological polar surface area (TPSA) is 88.2 Å². The lowest BCUT2D eigenvalue weighted by Crippen LogP contribution is -2.12. The van der Waals surface area contributed by atoms with E-state index < -0.39 is 5.97 Å². The number of para-hydroxylation sites is 1. The van der Waals surface area contributed by atoms with Crippen LogP contribution >= 0.6 is 0 Å². The smallest absolute Gasteiger partial charge is 0.337 e. The molecule has 0 bridgehead atoms. The van der Waals surface area contributed by atoms with Crippen molar-refractivity contribution in [2.45, 2.75) is 13.0 Å². The fourth-order valence-electron chi connectivity index (χ4n) is 1.84. The first kappa shape index (κ1) is 12.9. The Hall–Kier alpha value is -2.56. The van der Waals surface area contributed by atoms with E-state index in [1.807, 2.05) is 19.1 Å². The molecule has 1 heterocycles. The minimum absolute atomic E-state index is 0.0866. The van der Waals surface area contributed by atoms with E-state index >= 15 is 0 Å². The van der Waals surface area contributed by atoms with E-state index in [2.05, 4.69) is 10.3 Å². The third kappa shape index (κ3) is 2.82. The molecule has 0 saturated heterocycles. The summed E-state index contributed by atoms with van der Waals surface area (Å²) in [6.45, 7) is 1.93. The second kappa shape index (κ2) is 5.39. The van der Waals surface area contributed by atoms with Crippen LogP contribution in [0.2, 0.25) is 0 Å². The highest BCUT2D eigenvalue weighted by molar-refractivity contribution is 5.97. The van der Waals surface area contributed by atoms with Gasteiger partial charge in [0.15, 0.2) is 0 Å². The molecule has 4 N–H and O–H groups in total. The van der Waals surface area contributed by atoms with Crippen molar-refractivity contribution in [2.24, 2.45) is 0 Å². The number of nitrogen functional groups attached to an aromatic ring is 1. The standard InChI is InChI=1S/C14H15N3O2/c1-9(10-4-3-7-16-8-10)17-13-11(14(18)19)5-2-6-12(13)15/h2-9,17H,15H2,1H3,(H,18,19). The van der Waals surface area contributed by atoms with Gasteiger partial charge < -0.3 is 16.2 Å². The van der Waals surface area contributed by atoms with Gasteiger partial charge in [0.1, 0.15) is 0 Å². The average Bonchev–Trinajstić information content (AvgIpc) is 2.41. The highest BCUT2D eigenvalue weighted by Crippen LogP contribution is 2.27. The van der Waals surface area contributed by atoms with Gasteiger partial charge in [-0.2, -0.15) is 0 Å². The summed E-state index contributed by atoms with van der Waals surface area (Å²) in [6.07, 6.45) is 3.42. The van der Waals surface area contributed by atoms with Gasteiger partial charge >= 0.3 is 5.97 Å². The Labute approximate surface area is 111 Å². The first-order chi connectivity index (χ1) is 9.09. The molecular formula is C14H15N3O2. The summed E-state index contributed by atoms with van der Waals surface area (Å²) < 4.78 is 0. The lowest BCUT2D eigenvalue weighted by atomic mass is 10.1. The first-order valence-corrected chi connectivity index (χ1v) is 5.88. The summed E-state index contributed by atoms with van der Waals surface area (Å²) in [4.78, 5) is 15.2. The molecule has 0 fully saturated rings. The average molecular weight is 257 g/mol. The summed E-state index contributed by atoms with van der Waals surface area (Å²) in [7, 11) is 0. The number of aromatic nitrogens is 1. The van der Waals surface area contributed by atoms with Crippen LogP contribution in [0.3, 0.4) is 0 Å². The second-order valence-electron chi connectivity index (χ2n) is 4.23. The second-order valence-corrected chi connectivity index (χ2v) is 4.23. The number of hydrogen-bond acceptors (Lipinski definition) is 4. The zero-order chi connectivity index (χ0) is 13.8. The molecule has 0 spiro atoms. The molecule has 2 rings (SSSR count). The van der Waals surface area contributed by atoms with E-state index in [0.717, 1.165) is 5.56 Å². The van der Waals surface area contributed by atoms with Crippen molar-refractivity contribution in [1.82, 2.24) is 4.98 Å². The third-order valence-corrected chi connectivity index (χ3v) is 2.87. The van der Waals surface area contributed by atoms with Crippen LogP contribution in [0.1, 0.15) is 28.9 Å². The van der Waals surface area contributed by atoms with Crippen LogP contribution in [0, 0.1) is 0 Å². The summed E-state index contributed by atoms with van der Waals surface area (Å²) >= 11 is 0. The van der Waals surface area contributed by atoms with Crippen molar-refractivity contribution in [3.05, 3.63) is 53.9 Å². The molecule has 0 aliphatic rings.